The van der Waals surface area contributed by atoms with E-state index in [1.807, 2.05) is 0 Å². The lowest BCUT2D eigenvalue weighted by atomic mass is 10.2. The van der Waals surface area contributed by atoms with Gasteiger partial charge in [-0.25, -0.2) is 19.6 Å². The molecule has 11 heteroatoms. The Bertz CT molecular complexity index is 1230. The van der Waals surface area contributed by atoms with Crippen LogP contribution in [0.15, 0.2) is 6.07 Å². The summed E-state index contributed by atoms with van der Waals surface area (Å²) in [7, 11) is 0. The average Bonchev–Trinajstić information content (AvgIpc) is 3.24. The van der Waals surface area contributed by atoms with Gasteiger partial charge in [-0.1, -0.05) is 0 Å². The Hall–Kier alpha value is -3.47. The van der Waals surface area contributed by atoms with Crippen molar-refractivity contribution in [2.75, 3.05) is 18.9 Å². The molecule has 0 unspecified atom stereocenters. The minimum atomic E-state index is -0.524. The number of nitrogens with two attached hydrogens (primary N) is 1. The fourth-order valence-electron chi connectivity index (χ4n) is 3.45. The lowest BCUT2D eigenvalue weighted by Gasteiger charge is -2.10. The highest BCUT2D eigenvalue weighted by Crippen LogP contribution is 2.33. The highest BCUT2D eigenvalue weighted by molar-refractivity contribution is 7.20. The van der Waals surface area contributed by atoms with E-state index in [0.29, 0.717) is 31.9 Å². The van der Waals surface area contributed by atoms with E-state index in [9.17, 15) is 14.4 Å². The second kappa shape index (κ2) is 9.99. The average molecular weight is 475 g/mol. The van der Waals surface area contributed by atoms with Gasteiger partial charge in [-0.3, -0.25) is 4.79 Å². The first-order valence-corrected chi connectivity index (χ1v) is 11.2. The molecule has 10 nitrogen and oxygen atoms in total. The molecule has 33 heavy (non-hydrogen) atoms. The van der Waals surface area contributed by atoms with Crippen LogP contribution in [0.5, 0.6) is 0 Å². The summed E-state index contributed by atoms with van der Waals surface area (Å²) in [4.78, 5) is 46.2. The lowest BCUT2D eigenvalue weighted by Crippen LogP contribution is -2.17. The van der Waals surface area contributed by atoms with Crippen LogP contribution in [-0.4, -0.2) is 45.7 Å². The van der Waals surface area contributed by atoms with Gasteiger partial charge in [0.15, 0.2) is 12.4 Å². The molecule has 2 N–H and O–H groups in total. The highest BCUT2D eigenvalue weighted by Gasteiger charge is 2.22. The minimum Gasteiger partial charge on any atom is -0.462 e. The number of esters is 3. The Labute approximate surface area is 194 Å². The summed E-state index contributed by atoms with van der Waals surface area (Å²) in [5.74, 6) is -0.977. The number of nitrogens with zero attached hydrogens (tertiary/aromatic N) is 3. The summed E-state index contributed by atoms with van der Waals surface area (Å²) < 4.78 is 17.1. The zero-order valence-corrected chi connectivity index (χ0v) is 20.0. The number of hydrogen-bond acceptors (Lipinski definition) is 10. The summed E-state index contributed by atoms with van der Waals surface area (Å²) in [6.45, 7) is 9.02. The van der Waals surface area contributed by atoms with Gasteiger partial charge in [0.05, 0.1) is 24.2 Å². The molecular weight excluding hydrogens is 448 g/mol. The van der Waals surface area contributed by atoms with Crippen molar-refractivity contribution in [2.24, 2.45) is 0 Å². The molecule has 0 fully saturated rings. The van der Waals surface area contributed by atoms with E-state index in [0.717, 1.165) is 17.0 Å². The molecule has 0 aliphatic rings. The van der Waals surface area contributed by atoms with E-state index in [1.54, 1.807) is 45.3 Å². The number of thiophene rings is 1. The van der Waals surface area contributed by atoms with Crippen molar-refractivity contribution in [3.05, 3.63) is 39.3 Å². The molecule has 0 aliphatic carbocycles. The SMILES string of the molecule is CCOC(=O)c1cc(C)n(CC(=O)OCc2nc(N)c3c(C)c(C(=O)OCC)sc3n2)c1C. The Morgan fingerprint density at radius 1 is 1.03 bits per heavy atom. The first-order chi connectivity index (χ1) is 15.7. The third kappa shape index (κ3) is 4.98. The molecule has 0 aromatic carbocycles. The number of hydrogen-bond donors (Lipinski definition) is 1. The summed E-state index contributed by atoms with van der Waals surface area (Å²) in [5.41, 5.74) is 8.50. The van der Waals surface area contributed by atoms with Crippen molar-refractivity contribution in [2.45, 2.75) is 47.8 Å². The maximum atomic E-state index is 12.5. The van der Waals surface area contributed by atoms with Crippen molar-refractivity contribution in [1.82, 2.24) is 14.5 Å². The molecule has 0 bridgehead atoms. The molecule has 0 saturated carbocycles. The molecule has 3 aromatic heterocycles. The van der Waals surface area contributed by atoms with Gasteiger partial charge >= 0.3 is 17.9 Å². The summed E-state index contributed by atoms with van der Waals surface area (Å²) in [6, 6.07) is 1.68. The van der Waals surface area contributed by atoms with Crippen molar-refractivity contribution in [1.29, 1.82) is 0 Å². The van der Waals surface area contributed by atoms with Crippen LogP contribution in [0.3, 0.4) is 0 Å². The highest BCUT2D eigenvalue weighted by atomic mass is 32.1. The number of carbonyl (C=O) groups excluding carboxylic acids is 3. The Balaban J connectivity index is 1.74. The smallest absolute Gasteiger partial charge is 0.348 e. The van der Waals surface area contributed by atoms with Crippen LogP contribution in [-0.2, 0) is 32.2 Å². The fraction of sp³-hybridized carbons (Fsp3) is 0.409. The third-order valence-corrected chi connectivity index (χ3v) is 6.21. The van der Waals surface area contributed by atoms with E-state index in [2.05, 4.69) is 9.97 Å². The number of anilines is 1. The van der Waals surface area contributed by atoms with E-state index >= 15 is 0 Å². The topological polar surface area (TPSA) is 136 Å². The Morgan fingerprint density at radius 3 is 2.36 bits per heavy atom. The van der Waals surface area contributed by atoms with Crippen LogP contribution in [0.1, 0.15) is 56.7 Å². The fourth-order valence-corrected chi connectivity index (χ4v) is 4.55. The quantitative estimate of drug-likeness (QED) is 0.386. The first-order valence-electron chi connectivity index (χ1n) is 10.4. The normalized spacial score (nSPS) is 10.9. The van der Waals surface area contributed by atoms with Gasteiger partial charge in [0.25, 0.3) is 0 Å². The number of carbonyl (C=O) groups is 3. The van der Waals surface area contributed by atoms with Gasteiger partial charge in [-0.05, 0) is 46.2 Å². The Kier molecular flexibility index (Phi) is 7.32. The standard InChI is InChI=1S/C22H26N4O6S/c1-6-30-21(28)14-8-11(3)26(13(14)5)9-16(27)32-10-15-24-19(23)17-12(4)18(22(29)31-7-2)33-20(17)25-15/h8H,6-7,9-10H2,1-5H3,(H2,23,24,25). The minimum absolute atomic E-state index is 0.0834. The van der Waals surface area contributed by atoms with Crippen LogP contribution < -0.4 is 5.73 Å². The number of nitrogen functional groups attached to an aromatic ring is 1. The molecule has 3 heterocycles. The van der Waals surface area contributed by atoms with Crippen LogP contribution in [0.4, 0.5) is 5.82 Å². The molecule has 0 atom stereocenters. The number of rotatable bonds is 8. The summed E-state index contributed by atoms with van der Waals surface area (Å²) in [5, 5.41) is 0.586. The Morgan fingerprint density at radius 2 is 1.70 bits per heavy atom. The number of aryl methyl sites for hydroxylation is 2. The van der Waals surface area contributed by atoms with Gasteiger partial charge in [0.1, 0.15) is 22.1 Å². The maximum absolute atomic E-state index is 12.5. The van der Waals surface area contributed by atoms with Crippen LogP contribution in [0.2, 0.25) is 0 Å². The van der Waals surface area contributed by atoms with Crippen LogP contribution in [0, 0.1) is 20.8 Å². The van der Waals surface area contributed by atoms with E-state index in [1.165, 1.54) is 0 Å². The van der Waals surface area contributed by atoms with E-state index in [4.69, 9.17) is 19.9 Å². The largest absolute Gasteiger partial charge is 0.462 e. The third-order valence-electron chi connectivity index (χ3n) is 5.04. The zero-order chi connectivity index (χ0) is 24.3. The van der Waals surface area contributed by atoms with Crippen LogP contribution in [0.25, 0.3) is 10.2 Å². The molecule has 3 aromatic rings. The van der Waals surface area contributed by atoms with E-state index in [-0.39, 0.29) is 38.0 Å². The van der Waals surface area contributed by atoms with Gasteiger partial charge in [0.2, 0.25) is 0 Å². The van der Waals surface area contributed by atoms with Crippen molar-refractivity contribution in [3.63, 3.8) is 0 Å². The number of ether oxygens (including phenoxy) is 3. The second-order valence-electron chi connectivity index (χ2n) is 7.23. The maximum Gasteiger partial charge on any atom is 0.348 e. The molecular formula is C22H26N4O6S. The predicted octanol–water partition coefficient (Wildman–Crippen LogP) is 3.10. The molecule has 0 amide bonds. The van der Waals surface area contributed by atoms with Gasteiger partial charge in [0, 0.05) is 11.4 Å². The summed E-state index contributed by atoms with van der Waals surface area (Å²) in [6.07, 6.45) is 0. The van der Waals surface area contributed by atoms with Crippen molar-refractivity contribution in [3.8, 4) is 0 Å². The van der Waals surface area contributed by atoms with Gasteiger partial charge in [-0.2, -0.15) is 0 Å². The summed E-state index contributed by atoms with van der Waals surface area (Å²) >= 11 is 1.16. The molecule has 0 spiro atoms. The van der Waals surface area contributed by atoms with Gasteiger partial charge < -0.3 is 24.5 Å². The van der Waals surface area contributed by atoms with Crippen molar-refractivity contribution >= 4 is 45.3 Å². The monoisotopic (exact) mass is 474 g/mol. The van der Waals surface area contributed by atoms with E-state index < -0.39 is 17.9 Å². The molecule has 0 saturated heterocycles. The molecule has 176 valence electrons. The molecule has 3 rings (SSSR count). The molecule has 0 aliphatic heterocycles. The second-order valence-corrected chi connectivity index (χ2v) is 8.23. The number of aromatic nitrogens is 3. The number of fused-ring (bicyclic) bond motifs is 1. The van der Waals surface area contributed by atoms with Crippen molar-refractivity contribution < 1.29 is 28.6 Å². The molecule has 0 radical (unpaired) electrons. The zero-order valence-electron chi connectivity index (χ0n) is 19.2. The van der Waals surface area contributed by atoms with Crippen LogP contribution >= 0.6 is 11.3 Å². The predicted molar refractivity (Wildman–Crippen MR) is 122 cm³/mol. The van der Waals surface area contributed by atoms with Gasteiger partial charge in [-0.15, -0.1) is 11.3 Å². The first kappa shape index (κ1) is 24.2. The lowest BCUT2D eigenvalue weighted by molar-refractivity contribution is -0.146.